The Morgan fingerprint density at radius 1 is 1.58 bits per heavy atom. The Kier molecular flexibility index (Phi) is 6.20. The van der Waals surface area contributed by atoms with Gasteiger partial charge in [0.05, 0.1) is 6.04 Å². The molecular formula is C8H18N2OS. The number of nitrogens with one attached hydrogen (secondary N) is 1. The quantitative estimate of drug-likeness (QED) is 0.644. The molecule has 1 amide bonds. The first-order chi connectivity index (χ1) is 5.57. The standard InChI is InChI=1S/C8H18N2OS/c1-4-10-7(8(9)11)5-12-6(2)3/h6-7,10H,4-5H2,1-3H3,(H2,9,11). The molecule has 3 N–H and O–H groups in total. The van der Waals surface area contributed by atoms with Crippen molar-refractivity contribution in [1.29, 1.82) is 0 Å². The molecule has 4 heteroatoms. The molecule has 0 saturated carbocycles. The average molecular weight is 190 g/mol. The van der Waals surface area contributed by atoms with Gasteiger partial charge in [-0.25, -0.2) is 0 Å². The van der Waals surface area contributed by atoms with Crippen LogP contribution in [0, 0.1) is 0 Å². The van der Waals surface area contributed by atoms with Gasteiger partial charge in [0.1, 0.15) is 0 Å². The van der Waals surface area contributed by atoms with Crippen molar-refractivity contribution in [2.24, 2.45) is 5.73 Å². The number of hydrogen-bond donors (Lipinski definition) is 2. The van der Waals surface area contributed by atoms with E-state index in [0.29, 0.717) is 5.25 Å². The third-order valence-electron chi connectivity index (χ3n) is 1.39. The van der Waals surface area contributed by atoms with E-state index in [0.717, 1.165) is 12.3 Å². The van der Waals surface area contributed by atoms with E-state index in [9.17, 15) is 4.79 Å². The Morgan fingerprint density at radius 3 is 2.50 bits per heavy atom. The molecule has 0 aliphatic carbocycles. The van der Waals surface area contributed by atoms with Gasteiger partial charge in [-0.1, -0.05) is 20.8 Å². The van der Waals surface area contributed by atoms with Crippen LogP contribution in [-0.4, -0.2) is 29.5 Å². The van der Waals surface area contributed by atoms with Gasteiger partial charge in [0.25, 0.3) is 0 Å². The average Bonchev–Trinajstić information content (AvgIpc) is 1.96. The van der Waals surface area contributed by atoms with Crippen LogP contribution < -0.4 is 11.1 Å². The number of likely N-dealkylation sites (N-methyl/N-ethyl adjacent to an activating group) is 1. The monoisotopic (exact) mass is 190 g/mol. The Bertz CT molecular complexity index is 139. The van der Waals surface area contributed by atoms with Crippen LogP contribution in [0.3, 0.4) is 0 Å². The number of primary amides is 1. The van der Waals surface area contributed by atoms with E-state index in [4.69, 9.17) is 5.73 Å². The zero-order valence-electron chi connectivity index (χ0n) is 7.96. The highest BCUT2D eigenvalue weighted by Crippen LogP contribution is 2.10. The normalized spacial score (nSPS) is 13.3. The Morgan fingerprint density at radius 2 is 2.17 bits per heavy atom. The fourth-order valence-corrected chi connectivity index (χ4v) is 1.64. The molecule has 3 nitrogen and oxygen atoms in total. The van der Waals surface area contributed by atoms with E-state index < -0.39 is 0 Å². The van der Waals surface area contributed by atoms with E-state index in [1.807, 2.05) is 6.92 Å². The minimum atomic E-state index is -0.259. The highest BCUT2D eigenvalue weighted by molar-refractivity contribution is 7.99. The highest BCUT2D eigenvalue weighted by Gasteiger charge is 2.13. The van der Waals surface area contributed by atoms with Gasteiger partial charge < -0.3 is 11.1 Å². The zero-order valence-corrected chi connectivity index (χ0v) is 8.78. The molecule has 0 radical (unpaired) electrons. The summed E-state index contributed by atoms with van der Waals surface area (Å²) in [4.78, 5) is 10.8. The molecule has 1 atom stereocenters. The van der Waals surface area contributed by atoms with Gasteiger partial charge in [-0.15, -0.1) is 0 Å². The van der Waals surface area contributed by atoms with Gasteiger partial charge >= 0.3 is 0 Å². The summed E-state index contributed by atoms with van der Waals surface area (Å²) in [6.45, 7) is 6.96. The first kappa shape index (κ1) is 11.8. The van der Waals surface area contributed by atoms with E-state index in [1.54, 1.807) is 11.8 Å². The molecule has 72 valence electrons. The molecule has 0 heterocycles. The second kappa shape index (κ2) is 6.31. The molecule has 0 aromatic heterocycles. The molecule has 0 aliphatic rings. The van der Waals surface area contributed by atoms with E-state index in [1.165, 1.54) is 0 Å². The summed E-state index contributed by atoms with van der Waals surface area (Å²) in [5.41, 5.74) is 5.19. The molecule has 0 rings (SSSR count). The highest BCUT2D eigenvalue weighted by atomic mass is 32.2. The summed E-state index contributed by atoms with van der Waals surface area (Å²) >= 11 is 1.74. The Labute approximate surface area is 78.5 Å². The molecule has 0 aromatic rings. The summed E-state index contributed by atoms with van der Waals surface area (Å²) in [6, 6.07) is -0.178. The van der Waals surface area contributed by atoms with Crippen molar-refractivity contribution in [3.05, 3.63) is 0 Å². The van der Waals surface area contributed by atoms with Crippen molar-refractivity contribution in [2.45, 2.75) is 32.1 Å². The molecule has 0 aliphatic heterocycles. The largest absolute Gasteiger partial charge is 0.368 e. The van der Waals surface area contributed by atoms with Crippen molar-refractivity contribution in [2.75, 3.05) is 12.3 Å². The van der Waals surface area contributed by atoms with Gasteiger partial charge in [0.15, 0.2) is 0 Å². The summed E-state index contributed by atoms with van der Waals surface area (Å²) in [5.74, 6) is 0.505. The molecule has 0 saturated heterocycles. The minimum absolute atomic E-state index is 0.178. The van der Waals surface area contributed by atoms with E-state index >= 15 is 0 Å². The predicted molar refractivity (Wildman–Crippen MR) is 54.3 cm³/mol. The molecule has 0 aromatic carbocycles. The molecule has 0 spiro atoms. The van der Waals surface area contributed by atoms with Gasteiger partial charge in [-0.2, -0.15) is 11.8 Å². The van der Waals surface area contributed by atoms with Crippen LogP contribution in [0.1, 0.15) is 20.8 Å². The predicted octanol–water partition coefficient (Wildman–Crippen LogP) is 0.591. The molecule has 1 unspecified atom stereocenters. The molecule has 0 bridgehead atoms. The van der Waals surface area contributed by atoms with E-state index in [2.05, 4.69) is 19.2 Å². The Hall–Kier alpha value is -0.220. The van der Waals surface area contributed by atoms with Crippen molar-refractivity contribution in [3.63, 3.8) is 0 Å². The van der Waals surface area contributed by atoms with Crippen molar-refractivity contribution >= 4 is 17.7 Å². The van der Waals surface area contributed by atoms with Crippen LogP contribution in [0.15, 0.2) is 0 Å². The fraction of sp³-hybridized carbons (Fsp3) is 0.875. The smallest absolute Gasteiger partial charge is 0.235 e. The number of carbonyl (C=O) groups excluding carboxylic acids is 1. The van der Waals surface area contributed by atoms with Crippen LogP contribution in [0.5, 0.6) is 0 Å². The lowest BCUT2D eigenvalue weighted by atomic mass is 10.3. The molecular weight excluding hydrogens is 172 g/mol. The lowest BCUT2D eigenvalue weighted by Gasteiger charge is -2.14. The number of carbonyl (C=O) groups is 1. The van der Waals surface area contributed by atoms with Crippen LogP contribution >= 0.6 is 11.8 Å². The van der Waals surface area contributed by atoms with Gasteiger partial charge in [0, 0.05) is 5.75 Å². The van der Waals surface area contributed by atoms with Crippen LogP contribution in [0.25, 0.3) is 0 Å². The lowest BCUT2D eigenvalue weighted by Crippen LogP contribution is -2.43. The summed E-state index contributed by atoms with van der Waals surface area (Å²) in [7, 11) is 0. The van der Waals surface area contributed by atoms with Crippen molar-refractivity contribution < 1.29 is 4.79 Å². The third kappa shape index (κ3) is 5.43. The first-order valence-electron chi connectivity index (χ1n) is 4.22. The number of amides is 1. The van der Waals surface area contributed by atoms with E-state index in [-0.39, 0.29) is 11.9 Å². The fourth-order valence-electron chi connectivity index (χ4n) is 0.777. The number of rotatable bonds is 6. The van der Waals surface area contributed by atoms with Gasteiger partial charge in [0.2, 0.25) is 5.91 Å². The van der Waals surface area contributed by atoms with Gasteiger partial charge in [-0.05, 0) is 11.8 Å². The van der Waals surface area contributed by atoms with Crippen molar-refractivity contribution in [3.8, 4) is 0 Å². The van der Waals surface area contributed by atoms with Crippen LogP contribution in [0.2, 0.25) is 0 Å². The maximum atomic E-state index is 10.8. The van der Waals surface area contributed by atoms with Crippen LogP contribution in [0.4, 0.5) is 0 Å². The summed E-state index contributed by atoms with van der Waals surface area (Å²) < 4.78 is 0. The van der Waals surface area contributed by atoms with Gasteiger partial charge in [-0.3, -0.25) is 4.79 Å². The minimum Gasteiger partial charge on any atom is -0.368 e. The third-order valence-corrected chi connectivity index (χ3v) is 2.58. The second-order valence-electron chi connectivity index (χ2n) is 2.89. The molecule has 0 fully saturated rings. The number of hydrogen-bond acceptors (Lipinski definition) is 3. The number of nitrogens with two attached hydrogens (primary N) is 1. The van der Waals surface area contributed by atoms with Crippen molar-refractivity contribution in [1.82, 2.24) is 5.32 Å². The zero-order chi connectivity index (χ0) is 9.56. The first-order valence-corrected chi connectivity index (χ1v) is 5.27. The summed E-state index contributed by atoms with van der Waals surface area (Å²) in [5, 5.41) is 3.59. The second-order valence-corrected chi connectivity index (χ2v) is 4.50. The Balaban J connectivity index is 3.71. The lowest BCUT2D eigenvalue weighted by molar-refractivity contribution is -0.119. The maximum Gasteiger partial charge on any atom is 0.235 e. The van der Waals surface area contributed by atoms with Crippen LogP contribution in [-0.2, 0) is 4.79 Å². The number of thioether (sulfide) groups is 1. The SMILES string of the molecule is CCNC(CSC(C)C)C(N)=O. The maximum absolute atomic E-state index is 10.8. The topological polar surface area (TPSA) is 55.1 Å². The molecule has 12 heavy (non-hydrogen) atoms. The summed E-state index contributed by atoms with van der Waals surface area (Å²) in [6.07, 6.45) is 0.